The van der Waals surface area contributed by atoms with Crippen molar-refractivity contribution in [3.05, 3.63) is 0 Å². The summed E-state index contributed by atoms with van der Waals surface area (Å²) in [6.45, 7) is 2.46. The lowest BCUT2D eigenvalue weighted by atomic mass is 10.0. The van der Waals surface area contributed by atoms with E-state index in [-0.39, 0.29) is 11.9 Å². The molecule has 0 aromatic heterocycles. The minimum absolute atomic E-state index is 0.0256. The highest BCUT2D eigenvalue weighted by molar-refractivity contribution is 5.79. The number of unbranched alkanes of at least 4 members (excludes halogenated alkanes) is 1. The van der Waals surface area contributed by atoms with E-state index in [1.54, 1.807) is 4.90 Å². The lowest BCUT2D eigenvalue weighted by Gasteiger charge is -2.20. The Bertz CT molecular complexity index is 327. The van der Waals surface area contributed by atoms with Gasteiger partial charge in [-0.2, -0.15) is 0 Å². The van der Waals surface area contributed by atoms with Gasteiger partial charge in [-0.15, -0.1) is 0 Å². The van der Waals surface area contributed by atoms with Crippen LogP contribution in [0.25, 0.3) is 0 Å². The van der Waals surface area contributed by atoms with Crippen LogP contribution in [0, 0.1) is 5.92 Å². The normalized spacial score (nSPS) is 20.6. The molecule has 0 aromatic rings. The Balaban J connectivity index is 1.54. The second-order valence-electron chi connectivity index (χ2n) is 5.97. The molecule has 5 nitrogen and oxygen atoms in total. The molecular weight excluding hydrogens is 254 g/mol. The van der Waals surface area contributed by atoms with Gasteiger partial charge >= 0.3 is 6.03 Å². The molecule has 2 aliphatic rings. The largest absolute Gasteiger partial charge is 0.354 e. The zero-order valence-corrected chi connectivity index (χ0v) is 12.3. The molecule has 0 spiro atoms. The molecule has 0 bridgehead atoms. The maximum absolute atomic E-state index is 12.0. The van der Waals surface area contributed by atoms with Crippen LogP contribution in [0.4, 0.5) is 4.79 Å². The fourth-order valence-electron chi connectivity index (χ4n) is 3.13. The highest BCUT2D eigenvalue weighted by atomic mass is 16.2. The number of carbonyl (C=O) groups is 2. The summed E-state index contributed by atoms with van der Waals surface area (Å²) in [5, 5.41) is 5.74. The summed E-state index contributed by atoms with van der Waals surface area (Å²) < 4.78 is 0. The standard InChI is InChI=1S/C15H27N3O2/c19-14-8-11-18(12-10-16-14)15(20)17-9-4-3-7-13-5-1-2-6-13/h13H,1-12H2,(H,16,19)(H,17,20). The van der Waals surface area contributed by atoms with Crippen molar-refractivity contribution in [2.45, 2.75) is 51.4 Å². The van der Waals surface area contributed by atoms with Gasteiger partial charge in [-0.3, -0.25) is 4.79 Å². The van der Waals surface area contributed by atoms with Crippen LogP contribution in [-0.2, 0) is 4.79 Å². The van der Waals surface area contributed by atoms with Gasteiger partial charge in [0.05, 0.1) is 0 Å². The van der Waals surface area contributed by atoms with E-state index in [1.807, 2.05) is 0 Å². The van der Waals surface area contributed by atoms with E-state index in [4.69, 9.17) is 0 Å². The number of urea groups is 1. The molecule has 20 heavy (non-hydrogen) atoms. The van der Waals surface area contributed by atoms with Crippen molar-refractivity contribution in [3.63, 3.8) is 0 Å². The minimum atomic E-state index is -0.0256. The van der Waals surface area contributed by atoms with Gasteiger partial charge in [0.15, 0.2) is 0 Å². The van der Waals surface area contributed by atoms with E-state index < -0.39 is 0 Å². The van der Waals surface area contributed by atoms with Crippen molar-refractivity contribution < 1.29 is 9.59 Å². The molecule has 2 rings (SSSR count). The van der Waals surface area contributed by atoms with E-state index in [9.17, 15) is 9.59 Å². The van der Waals surface area contributed by atoms with Gasteiger partial charge in [0.2, 0.25) is 5.91 Å². The predicted octanol–water partition coefficient (Wildman–Crippen LogP) is 1.88. The topological polar surface area (TPSA) is 61.4 Å². The van der Waals surface area contributed by atoms with Crippen LogP contribution in [0.1, 0.15) is 51.4 Å². The number of carbonyl (C=O) groups excluding carboxylic acids is 2. The maximum Gasteiger partial charge on any atom is 0.317 e. The van der Waals surface area contributed by atoms with Crippen molar-refractivity contribution >= 4 is 11.9 Å². The number of nitrogens with zero attached hydrogens (tertiary/aromatic N) is 1. The SMILES string of the molecule is O=C1CCN(C(=O)NCCCCC2CCCC2)CCN1. The first-order valence-corrected chi connectivity index (χ1v) is 8.05. The summed E-state index contributed by atoms with van der Waals surface area (Å²) in [4.78, 5) is 24.9. The van der Waals surface area contributed by atoms with Crippen LogP contribution in [0.5, 0.6) is 0 Å². The van der Waals surface area contributed by atoms with Gasteiger partial charge in [0.1, 0.15) is 0 Å². The third-order valence-corrected chi connectivity index (χ3v) is 4.39. The van der Waals surface area contributed by atoms with Crippen LogP contribution in [0.15, 0.2) is 0 Å². The van der Waals surface area contributed by atoms with E-state index in [1.165, 1.54) is 38.5 Å². The van der Waals surface area contributed by atoms with Crippen molar-refractivity contribution in [2.24, 2.45) is 5.92 Å². The Kier molecular flexibility index (Phi) is 6.15. The second kappa shape index (κ2) is 8.12. The Morgan fingerprint density at radius 3 is 2.85 bits per heavy atom. The van der Waals surface area contributed by atoms with E-state index in [2.05, 4.69) is 10.6 Å². The Morgan fingerprint density at radius 1 is 1.25 bits per heavy atom. The molecule has 1 heterocycles. The molecule has 3 amide bonds. The van der Waals surface area contributed by atoms with Crippen molar-refractivity contribution in [2.75, 3.05) is 26.2 Å². The first-order valence-electron chi connectivity index (χ1n) is 8.05. The van der Waals surface area contributed by atoms with Crippen LogP contribution in [-0.4, -0.2) is 43.0 Å². The highest BCUT2D eigenvalue weighted by Gasteiger charge is 2.18. The van der Waals surface area contributed by atoms with Gasteiger partial charge in [0.25, 0.3) is 0 Å². The summed E-state index contributed by atoms with van der Waals surface area (Å²) in [7, 11) is 0. The molecule has 1 aliphatic heterocycles. The summed E-state index contributed by atoms with van der Waals surface area (Å²) in [5.41, 5.74) is 0. The molecule has 0 radical (unpaired) electrons. The molecule has 0 atom stereocenters. The molecule has 0 aromatic carbocycles. The van der Waals surface area contributed by atoms with Crippen molar-refractivity contribution in [1.82, 2.24) is 15.5 Å². The molecule has 1 saturated carbocycles. The summed E-state index contributed by atoms with van der Waals surface area (Å²) in [6.07, 6.45) is 9.62. The van der Waals surface area contributed by atoms with Gasteiger partial charge in [-0.1, -0.05) is 38.5 Å². The Hall–Kier alpha value is -1.26. The minimum Gasteiger partial charge on any atom is -0.354 e. The lowest BCUT2D eigenvalue weighted by Crippen LogP contribution is -2.42. The summed E-state index contributed by atoms with van der Waals surface area (Å²) >= 11 is 0. The van der Waals surface area contributed by atoms with Crippen molar-refractivity contribution in [3.8, 4) is 0 Å². The zero-order chi connectivity index (χ0) is 14.2. The van der Waals surface area contributed by atoms with Gasteiger partial charge < -0.3 is 15.5 Å². The van der Waals surface area contributed by atoms with E-state index >= 15 is 0 Å². The quantitative estimate of drug-likeness (QED) is 0.756. The molecular formula is C15H27N3O2. The molecule has 2 N–H and O–H groups in total. The van der Waals surface area contributed by atoms with Crippen LogP contribution >= 0.6 is 0 Å². The molecule has 1 saturated heterocycles. The number of hydrogen-bond donors (Lipinski definition) is 2. The van der Waals surface area contributed by atoms with E-state index in [0.717, 1.165) is 18.9 Å². The summed E-state index contributed by atoms with van der Waals surface area (Å²) in [5.74, 6) is 0.977. The molecule has 2 fully saturated rings. The van der Waals surface area contributed by atoms with Crippen LogP contribution < -0.4 is 10.6 Å². The van der Waals surface area contributed by atoms with Gasteiger partial charge in [0, 0.05) is 32.6 Å². The number of amides is 3. The predicted molar refractivity (Wildman–Crippen MR) is 78.4 cm³/mol. The molecule has 5 heteroatoms. The third kappa shape index (κ3) is 5.02. The van der Waals surface area contributed by atoms with Gasteiger partial charge in [-0.25, -0.2) is 4.79 Å². The third-order valence-electron chi connectivity index (χ3n) is 4.39. The van der Waals surface area contributed by atoms with Gasteiger partial charge in [-0.05, 0) is 12.3 Å². The molecule has 114 valence electrons. The Morgan fingerprint density at radius 2 is 2.05 bits per heavy atom. The first-order chi connectivity index (χ1) is 9.75. The average molecular weight is 281 g/mol. The average Bonchev–Trinajstić information content (AvgIpc) is 2.86. The van der Waals surface area contributed by atoms with E-state index in [0.29, 0.717) is 26.1 Å². The number of nitrogens with one attached hydrogen (secondary N) is 2. The number of rotatable bonds is 5. The highest BCUT2D eigenvalue weighted by Crippen LogP contribution is 2.28. The fraction of sp³-hybridized carbons (Fsp3) is 0.867. The number of hydrogen-bond acceptors (Lipinski definition) is 2. The van der Waals surface area contributed by atoms with Crippen LogP contribution in [0.3, 0.4) is 0 Å². The molecule has 0 unspecified atom stereocenters. The van der Waals surface area contributed by atoms with Crippen LogP contribution in [0.2, 0.25) is 0 Å². The zero-order valence-electron chi connectivity index (χ0n) is 12.3. The maximum atomic E-state index is 12.0. The van der Waals surface area contributed by atoms with Crippen molar-refractivity contribution in [1.29, 1.82) is 0 Å². The molecule has 1 aliphatic carbocycles. The first kappa shape index (κ1) is 15.1. The second-order valence-corrected chi connectivity index (χ2v) is 5.97. The summed E-state index contributed by atoms with van der Waals surface area (Å²) in [6, 6.07) is -0.0256. The smallest absolute Gasteiger partial charge is 0.317 e. The lowest BCUT2D eigenvalue weighted by molar-refractivity contribution is -0.120. The monoisotopic (exact) mass is 281 g/mol. The fourth-order valence-corrected chi connectivity index (χ4v) is 3.13. The Labute approximate surface area is 121 Å².